The van der Waals surface area contributed by atoms with E-state index in [1.807, 2.05) is 42.6 Å². The lowest BCUT2D eigenvalue weighted by molar-refractivity contribution is 0.248. The Kier molecular flexibility index (Phi) is 3.60. The maximum absolute atomic E-state index is 11.1. The molecule has 21 heavy (non-hydrogen) atoms. The van der Waals surface area contributed by atoms with E-state index in [4.69, 9.17) is 5.73 Å². The molecule has 0 saturated heterocycles. The Balaban J connectivity index is 2.04. The van der Waals surface area contributed by atoms with Crippen LogP contribution in [-0.2, 0) is 0 Å². The third kappa shape index (κ3) is 2.74. The van der Waals surface area contributed by atoms with Crippen LogP contribution in [0.5, 0.6) is 0 Å². The second-order valence-electron chi connectivity index (χ2n) is 5.00. The van der Waals surface area contributed by atoms with Crippen LogP contribution < -0.4 is 11.1 Å². The Morgan fingerprint density at radius 3 is 2.57 bits per heavy atom. The van der Waals surface area contributed by atoms with Crippen molar-refractivity contribution >= 4 is 16.9 Å². The second kappa shape index (κ2) is 5.71. The largest absolute Gasteiger partial charge is 0.361 e. The molecule has 1 unspecified atom stereocenters. The molecule has 0 radical (unpaired) electrons. The number of primary amides is 1. The maximum atomic E-state index is 11.1. The van der Waals surface area contributed by atoms with Crippen LogP contribution in [0.4, 0.5) is 4.79 Å². The van der Waals surface area contributed by atoms with Gasteiger partial charge in [0.2, 0.25) is 0 Å². The smallest absolute Gasteiger partial charge is 0.312 e. The maximum Gasteiger partial charge on any atom is 0.312 e. The summed E-state index contributed by atoms with van der Waals surface area (Å²) in [5.41, 5.74) is 8.62. The number of urea groups is 1. The standard InChI is InChI=1S/C17H17N3O/c18-17(21)20-10-14(12-6-2-1-3-7-12)15-11-19-16-9-5-4-8-13(15)16/h1-9,11,14,19H,10H2,(H3,18,20,21). The molecule has 4 heteroatoms. The zero-order chi connectivity index (χ0) is 14.7. The zero-order valence-electron chi connectivity index (χ0n) is 11.5. The number of fused-ring (bicyclic) bond motifs is 1. The predicted octanol–water partition coefficient (Wildman–Crippen LogP) is 2.97. The van der Waals surface area contributed by atoms with Crippen LogP contribution >= 0.6 is 0 Å². The molecule has 3 aromatic rings. The molecule has 0 fully saturated rings. The second-order valence-corrected chi connectivity index (χ2v) is 5.00. The molecule has 4 nitrogen and oxygen atoms in total. The van der Waals surface area contributed by atoms with Gasteiger partial charge in [0.15, 0.2) is 0 Å². The number of nitrogens with two attached hydrogens (primary N) is 1. The number of hydrogen-bond donors (Lipinski definition) is 3. The molecule has 1 atom stereocenters. The van der Waals surface area contributed by atoms with Gasteiger partial charge in [-0.15, -0.1) is 0 Å². The van der Waals surface area contributed by atoms with E-state index in [0.29, 0.717) is 6.54 Å². The number of carbonyl (C=O) groups excluding carboxylic acids is 1. The molecule has 0 aliphatic carbocycles. The highest BCUT2D eigenvalue weighted by molar-refractivity contribution is 5.84. The highest BCUT2D eigenvalue weighted by Gasteiger charge is 2.18. The van der Waals surface area contributed by atoms with Gasteiger partial charge in [-0.05, 0) is 17.2 Å². The van der Waals surface area contributed by atoms with Crippen molar-refractivity contribution in [2.75, 3.05) is 6.54 Å². The quantitative estimate of drug-likeness (QED) is 0.675. The van der Waals surface area contributed by atoms with Gasteiger partial charge in [0.1, 0.15) is 0 Å². The highest BCUT2D eigenvalue weighted by atomic mass is 16.2. The third-order valence-electron chi connectivity index (χ3n) is 3.68. The van der Waals surface area contributed by atoms with Crippen LogP contribution in [-0.4, -0.2) is 17.6 Å². The lowest BCUT2D eigenvalue weighted by Gasteiger charge is -2.17. The monoisotopic (exact) mass is 279 g/mol. The molecule has 4 N–H and O–H groups in total. The van der Waals surface area contributed by atoms with Crippen molar-refractivity contribution in [3.63, 3.8) is 0 Å². The first-order valence-electron chi connectivity index (χ1n) is 6.90. The summed E-state index contributed by atoms with van der Waals surface area (Å²) in [6.45, 7) is 0.473. The van der Waals surface area contributed by atoms with Gasteiger partial charge in [-0.3, -0.25) is 0 Å². The van der Waals surface area contributed by atoms with Crippen LogP contribution in [0.2, 0.25) is 0 Å². The molecule has 0 aliphatic heterocycles. The summed E-state index contributed by atoms with van der Waals surface area (Å²) < 4.78 is 0. The third-order valence-corrected chi connectivity index (χ3v) is 3.68. The number of H-pyrrole nitrogens is 1. The molecular weight excluding hydrogens is 262 g/mol. The normalized spacial score (nSPS) is 12.2. The van der Waals surface area contributed by atoms with E-state index in [2.05, 4.69) is 28.5 Å². The van der Waals surface area contributed by atoms with Gasteiger partial charge in [-0.25, -0.2) is 4.79 Å². The number of nitrogens with one attached hydrogen (secondary N) is 2. The Bertz CT molecular complexity index is 749. The van der Waals surface area contributed by atoms with Crippen LogP contribution in [0.25, 0.3) is 10.9 Å². The molecular formula is C17H17N3O. The van der Waals surface area contributed by atoms with Gasteiger partial charge in [-0.2, -0.15) is 0 Å². The number of benzene rings is 2. The molecule has 0 spiro atoms. The lowest BCUT2D eigenvalue weighted by atomic mass is 9.91. The van der Waals surface area contributed by atoms with Crippen molar-refractivity contribution in [1.82, 2.24) is 10.3 Å². The molecule has 0 saturated carbocycles. The van der Waals surface area contributed by atoms with Crippen molar-refractivity contribution in [3.05, 3.63) is 71.9 Å². The molecule has 3 rings (SSSR count). The summed E-state index contributed by atoms with van der Waals surface area (Å²) in [4.78, 5) is 14.4. The van der Waals surface area contributed by atoms with Gasteiger partial charge in [0, 0.05) is 29.6 Å². The average molecular weight is 279 g/mol. The van der Waals surface area contributed by atoms with E-state index in [1.54, 1.807) is 0 Å². The number of aromatic nitrogens is 1. The van der Waals surface area contributed by atoms with E-state index in [1.165, 1.54) is 0 Å². The lowest BCUT2D eigenvalue weighted by Crippen LogP contribution is -2.33. The number of para-hydroxylation sites is 1. The number of hydrogen-bond acceptors (Lipinski definition) is 1. The summed E-state index contributed by atoms with van der Waals surface area (Å²) in [6, 6.07) is 17.8. The Morgan fingerprint density at radius 2 is 1.81 bits per heavy atom. The zero-order valence-corrected chi connectivity index (χ0v) is 11.5. The van der Waals surface area contributed by atoms with E-state index >= 15 is 0 Å². The van der Waals surface area contributed by atoms with Gasteiger partial charge in [0.25, 0.3) is 0 Å². The fraction of sp³-hybridized carbons (Fsp3) is 0.118. The number of rotatable bonds is 4. The molecule has 0 bridgehead atoms. The Hall–Kier alpha value is -2.75. The van der Waals surface area contributed by atoms with E-state index < -0.39 is 6.03 Å². The first-order valence-corrected chi connectivity index (χ1v) is 6.90. The summed E-state index contributed by atoms with van der Waals surface area (Å²) in [6.07, 6.45) is 2.00. The minimum Gasteiger partial charge on any atom is -0.361 e. The van der Waals surface area contributed by atoms with Gasteiger partial charge < -0.3 is 16.0 Å². The highest BCUT2D eigenvalue weighted by Crippen LogP contribution is 2.30. The molecule has 106 valence electrons. The fourth-order valence-corrected chi connectivity index (χ4v) is 2.68. The van der Waals surface area contributed by atoms with Crippen molar-refractivity contribution in [1.29, 1.82) is 0 Å². The summed E-state index contributed by atoms with van der Waals surface area (Å²) in [5.74, 6) is 0.0647. The van der Waals surface area contributed by atoms with Crippen LogP contribution in [0, 0.1) is 0 Å². The predicted molar refractivity (Wildman–Crippen MR) is 84.2 cm³/mol. The van der Waals surface area contributed by atoms with E-state index in [9.17, 15) is 4.79 Å². The number of aromatic amines is 1. The fourth-order valence-electron chi connectivity index (χ4n) is 2.68. The van der Waals surface area contributed by atoms with Crippen molar-refractivity contribution in [2.45, 2.75) is 5.92 Å². The summed E-state index contributed by atoms with van der Waals surface area (Å²) in [5, 5.41) is 3.89. The summed E-state index contributed by atoms with van der Waals surface area (Å²) in [7, 11) is 0. The SMILES string of the molecule is NC(=O)NCC(c1ccccc1)c1c[nH]c2ccccc12. The average Bonchev–Trinajstić information content (AvgIpc) is 2.93. The van der Waals surface area contributed by atoms with E-state index in [0.717, 1.165) is 22.0 Å². The van der Waals surface area contributed by atoms with Crippen LogP contribution in [0.15, 0.2) is 60.8 Å². The molecule has 1 heterocycles. The Labute approximate surface area is 123 Å². The van der Waals surface area contributed by atoms with E-state index in [-0.39, 0.29) is 5.92 Å². The molecule has 0 aliphatic rings. The molecule has 2 aromatic carbocycles. The first kappa shape index (κ1) is 13.2. The number of carbonyl (C=O) groups is 1. The van der Waals surface area contributed by atoms with Crippen molar-refractivity contribution < 1.29 is 4.79 Å². The summed E-state index contributed by atoms with van der Waals surface area (Å²) >= 11 is 0. The molecule has 1 aromatic heterocycles. The minimum atomic E-state index is -0.504. The van der Waals surface area contributed by atoms with Crippen LogP contribution in [0.1, 0.15) is 17.0 Å². The van der Waals surface area contributed by atoms with Gasteiger partial charge in [-0.1, -0.05) is 48.5 Å². The van der Waals surface area contributed by atoms with Crippen molar-refractivity contribution in [2.24, 2.45) is 5.73 Å². The van der Waals surface area contributed by atoms with Crippen molar-refractivity contribution in [3.8, 4) is 0 Å². The number of amides is 2. The van der Waals surface area contributed by atoms with Gasteiger partial charge in [0.05, 0.1) is 0 Å². The molecule has 2 amide bonds. The first-order chi connectivity index (χ1) is 10.3. The topological polar surface area (TPSA) is 70.9 Å². The minimum absolute atomic E-state index is 0.0647. The van der Waals surface area contributed by atoms with Gasteiger partial charge >= 0.3 is 6.03 Å². The van der Waals surface area contributed by atoms with Crippen LogP contribution in [0.3, 0.4) is 0 Å². The Morgan fingerprint density at radius 1 is 1.10 bits per heavy atom.